The fraction of sp³-hybridized carbons (Fsp3) is 0.389. The van der Waals surface area contributed by atoms with Crippen molar-refractivity contribution in [2.75, 3.05) is 13.6 Å². The zero-order chi connectivity index (χ0) is 16.1. The predicted molar refractivity (Wildman–Crippen MR) is 87.4 cm³/mol. The molecule has 1 N–H and O–H groups in total. The summed E-state index contributed by atoms with van der Waals surface area (Å²) in [5, 5.41) is 3.95. The van der Waals surface area contributed by atoms with Crippen LogP contribution in [0, 0.1) is 0 Å². The summed E-state index contributed by atoms with van der Waals surface area (Å²) < 4.78 is 0. The van der Waals surface area contributed by atoms with E-state index in [0.29, 0.717) is 6.42 Å². The van der Waals surface area contributed by atoms with Gasteiger partial charge < -0.3 is 5.32 Å². The van der Waals surface area contributed by atoms with Crippen molar-refractivity contribution in [3.63, 3.8) is 0 Å². The highest BCUT2D eigenvalue weighted by Crippen LogP contribution is 2.39. The first-order valence-corrected chi connectivity index (χ1v) is 7.98. The van der Waals surface area contributed by atoms with Crippen LogP contribution >= 0.6 is 0 Å². The van der Waals surface area contributed by atoms with Gasteiger partial charge in [-0.25, -0.2) is 0 Å². The number of hydrogen-bond acceptors (Lipinski definition) is 4. The molecule has 0 spiro atoms. The molecular formula is C18H19N3O2. The van der Waals surface area contributed by atoms with E-state index in [2.05, 4.69) is 17.3 Å². The largest absolute Gasteiger partial charge is 0.347 e. The molecule has 0 radical (unpaired) electrons. The number of rotatable bonds is 2. The normalized spacial score (nSPS) is 23.5. The monoisotopic (exact) mass is 309 g/mol. The van der Waals surface area contributed by atoms with Gasteiger partial charge in [0.05, 0.1) is 23.2 Å². The van der Waals surface area contributed by atoms with Crippen molar-refractivity contribution in [2.45, 2.75) is 31.8 Å². The molecule has 1 aromatic heterocycles. The third-order valence-electron chi connectivity index (χ3n) is 4.91. The Balaban J connectivity index is 1.98. The molecular weight excluding hydrogens is 290 g/mol. The first kappa shape index (κ1) is 14.3. The molecule has 2 atom stereocenters. The number of Topliss-reactive ketones (excluding diaryl/α,β-unsaturated/α-hetero) is 1. The molecule has 1 amide bonds. The zero-order valence-electron chi connectivity index (χ0n) is 13.3. The van der Waals surface area contributed by atoms with E-state index in [4.69, 9.17) is 4.98 Å². The zero-order valence-corrected chi connectivity index (χ0v) is 13.3. The Morgan fingerprint density at radius 3 is 2.96 bits per heavy atom. The van der Waals surface area contributed by atoms with E-state index in [1.165, 1.54) is 0 Å². The van der Waals surface area contributed by atoms with Gasteiger partial charge in [0.2, 0.25) is 0 Å². The standard InChI is InChI=1S/C18H19N3O2/c1-10(22)9-14-17-16-13(7-8-21(17)2)19-12-6-4-3-5-11(12)15(16)18(23)20-14/h3-6,14,17H,7-9H2,1-2H3,(H,20,23)/t14-,17-/m1/s1. The quantitative estimate of drug-likeness (QED) is 0.920. The molecule has 23 heavy (non-hydrogen) atoms. The SMILES string of the molecule is CC(=O)C[C@H]1NC(=O)c2c3c(nc4ccccc24)CCN(C)[C@@H]31. The van der Waals surface area contributed by atoms with Gasteiger partial charge in [-0.15, -0.1) is 0 Å². The van der Waals surface area contributed by atoms with Crippen LogP contribution in [0.25, 0.3) is 10.9 Å². The van der Waals surface area contributed by atoms with E-state index in [0.717, 1.165) is 40.7 Å². The summed E-state index contributed by atoms with van der Waals surface area (Å²) >= 11 is 0. The summed E-state index contributed by atoms with van der Waals surface area (Å²) in [5.74, 6) is 0.00525. The molecule has 0 aliphatic carbocycles. The highest BCUT2D eigenvalue weighted by molar-refractivity contribution is 6.09. The first-order valence-electron chi connectivity index (χ1n) is 7.98. The number of pyridine rings is 1. The third kappa shape index (κ3) is 2.15. The number of carbonyl (C=O) groups excluding carboxylic acids is 2. The van der Waals surface area contributed by atoms with Crippen molar-refractivity contribution in [1.82, 2.24) is 15.2 Å². The van der Waals surface area contributed by atoms with Gasteiger partial charge in [-0.1, -0.05) is 18.2 Å². The number of aromatic nitrogens is 1. The lowest BCUT2D eigenvalue weighted by atomic mass is 9.81. The van der Waals surface area contributed by atoms with Crippen LogP contribution in [-0.2, 0) is 11.2 Å². The molecule has 0 unspecified atom stereocenters. The maximum absolute atomic E-state index is 12.8. The number of para-hydroxylation sites is 1. The van der Waals surface area contributed by atoms with E-state index in [1.54, 1.807) is 6.92 Å². The highest BCUT2D eigenvalue weighted by Gasteiger charge is 2.41. The summed E-state index contributed by atoms with van der Waals surface area (Å²) in [6, 6.07) is 7.62. The number of likely N-dealkylation sites (N-methyl/N-ethyl adjacent to an activating group) is 1. The molecule has 0 fully saturated rings. The van der Waals surface area contributed by atoms with Crippen molar-refractivity contribution in [3.8, 4) is 0 Å². The van der Waals surface area contributed by atoms with Crippen LogP contribution in [0.3, 0.4) is 0 Å². The third-order valence-corrected chi connectivity index (χ3v) is 4.91. The maximum atomic E-state index is 12.8. The lowest BCUT2D eigenvalue weighted by molar-refractivity contribution is -0.117. The van der Waals surface area contributed by atoms with Gasteiger partial charge in [0, 0.05) is 36.0 Å². The Morgan fingerprint density at radius 1 is 1.39 bits per heavy atom. The summed E-state index contributed by atoms with van der Waals surface area (Å²) in [6.07, 6.45) is 1.19. The number of nitrogens with zero attached hydrogens (tertiary/aromatic N) is 2. The van der Waals surface area contributed by atoms with Crippen LogP contribution in [0.2, 0.25) is 0 Å². The van der Waals surface area contributed by atoms with Gasteiger partial charge in [-0.2, -0.15) is 0 Å². The Hall–Kier alpha value is -2.27. The summed E-state index contributed by atoms with van der Waals surface area (Å²) in [7, 11) is 2.05. The molecule has 3 heterocycles. The first-order chi connectivity index (χ1) is 11.1. The molecule has 5 heteroatoms. The van der Waals surface area contributed by atoms with Crippen molar-refractivity contribution in [3.05, 3.63) is 41.1 Å². The second-order valence-electron chi connectivity index (χ2n) is 6.53. The molecule has 4 rings (SSSR count). The second kappa shape index (κ2) is 5.13. The molecule has 0 saturated carbocycles. The fourth-order valence-electron chi connectivity index (χ4n) is 3.97. The van der Waals surface area contributed by atoms with Crippen LogP contribution in [0.5, 0.6) is 0 Å². The molecule has 1 aromatic carbocycles. The molecule has 2 aliphatic rings. The van der Waals surface area contributed by atoms with Crippen molar-refractivity contribution < 1.29 is 9.59 Å². The number of amides is 1. The Morgan fingerprint density at radius 2 is 2.17 bits per heavy atom. The second-order valence-corrected chi connectivity index (χ2v) is 6.53. The minimum atomic E-state index is -0.181. The van der Waals surface area contributed by atoms with Crippen LogP contribution in [0.1, 0.15) is 41.0 Å². The summed E-state index contributed by atoms with van der Waals surface area (Å²) in [5.41, 5.74) is 3.63. The lowest BCUT2D eigenvalue weighted by Crippen LogP contribution is -2.53. The number of hydrogen-bond donors (Lipinski definition) is 1. The maximum Gasteiger partial charge on any atom is 0.252 e. The minimum Gasteiger partial charge on any atom is -0.347 e. The van der Waals surface area contributed by atoms with Gasteiger partial charge in [-0.05, 0) is 20.0 Å². The van der Waals surface area contributed by atoms with Crippen LogP contribution in [-0.4, -0.2) is 41.2 Å². The lowest BCUT2D eigenvalue weighted by Gasteiger charge is -2.43. The predicted octanol–water partition coefficient (Wildman–Crippen LogP) is 1.85. The van der Waals surface area contributed by atoms with Gasteiger partial charge in [0.25, 0.3) is 5.91 Å². The average molecular weight is 309 g/mol. The van der Waals surface area contributed by atoms with Crippen molar-refractivity contribution in [1.29, 1.82) is 0 Å². The van der Waals surface area contributed by atoms with Crippen LogP contribution < -0.4 is 5.32 Å². The van der Waals surface area contributed by atoms with Gasteiger partial charge in [-0.3, -0.25) is 19.5 Å². The molecule has 0 saturated heterocycles. The van der Waals surface area contributed by atoms with Crippen LogP contribution in [0.4, 0.5) is 0 Å². The number of fused-ring (bicyclic) bond motifs is 2. The molecule has 5 nitrogen and oxygen atoms in total. The molecule has 118 valence electrons. The van der Waals surface area contributed by atoms with Crippen molar-refractivity contribution in [2.24, 2.45) is 0 Å². The van der Waals surface area contributed by atoms with E-state index in [1.807, 2.05) is 24.3 Å². The number of benzene rings is 1. The number of nitrogens with one attached hydrogen (secondary N) is 1. The highest BCUT2D eigenvalue weighted by atomic mass is 16.2. The van der Waals surface area contributed by atoms with E-state index < -0.39 is 0 Å². The Labute approximate surface area is 134 Å². The summed E-state index contributed by atoms with van der Waals surface area (Å²) in [6.45, 7) is 2.46. The molecule has 2 aromatic rings. The smallest absolute Gasteiger partial charge is 0.252 e. The summed E-state index contributed by atoms with van der Waals surface area (Å²) in [4.78, 5) is 31.4. The van der Waals surface area contributed by atoms with E-state index >= 15 is 0 Å². The van der Waals surface area contributed by atoms with Gasteiger partial charge >= 0.3 is 0 Å². The van der Waals surface area contributed by atoms with Crippen LogP contribution in [0.15, 0.2) is 24.3 Å². The van der Waals surface area contributed by atoms with Gasteiger partial charge in [0.15, 0.2) is 0 Å². The minimum absolute atomic E-state index is 0.0208. The van der Waals surface area contributed by atoms with E-state index in [-0.39, 0.29) is 23.8 Å². The number of ketones is 1. The topological polar surface area (TPSA) is 62.3 Å². The number of carbonyl (C=O) groups is 2. The molecule has 0 bridgehead atoms. The van der Waals surface area contributed by atoms with Gasteiger partial charge in [0.1, 0.15) is 5.78 Å². The molecule has 2 aliphatic heterocycles. The Bertz CT molecular complexity index is 830. The Kier molecular flexibility index (Phi) is 3.20. The average Bonchev–Trinajstić information content (AvgIpc) is 2.51. The van der Waals surface area contributed by atoms with E-state index in [9.17, 15) is 9.59 Å². The fourth-order valence-corrected chi connectivity index (χ4v) is 3.97. The van der Waals surface area contributed by atoms with Crippen molar-refractivity contribution >= 4 is 22.6 Å².